The Morgan fingerprint density at radius 1 is 1.07 bits per heavy atom. The standard InChI is InChI=1S/C21H23N5O4/c1-13(2)30-16-10-9-14(11-17(16)28-3)19(27)29-12-18-24-20(22)26-21(25-18)23-15-7-5-4-6-8-15/h4-11,13H,12H2,1-3H3,(H3,22,23,24,25,26). The molecule has 0 radical (unpaired) electrons. The van der Waals surface area contributed by atoms with Crippen LogP contribution in [0.5, 0.6) is 11.5 Å². The number of hydrogen-bond donors (Lipinski definition) is 2. The molecule has 1 heterocycles. The van der Waals surface area contributed by atoms with Crippen LogP contribution in [-0.4, -0.2) is 34.1 Å². The average molecular weight is 409 g/mol. The second-order valence-corrected chi connectivity index (χ2v) is 6.53. The largest absolute Gasteiger partial charge is 0.493 e. The number of methoxy groups -OCH3 is 1. The van der Waals surface area contributed by atoms with Crippen molar-refractivity contribution in [3.63, 3.8) is 0 Å². The topological polar surface area (TPSA) is 121 Å². The Morgan fingerprint density at radius 2 is 1.83 bits per heavy atom. The summed E-state index contributed by atoms with van der Waals surface area (Å²) in [6.45, 7) is 3.65. The van der Waals surface area contributed by atoms with Crippen LogP contribution in [0.25, 0.3) is 0 Å². The number of hydrogen-bond acceptors (Lipinski definition) is 9. The predicted molar refractivity (Wildman–Crippen MR) is 112 cm³/mol. The predicted octanol–water partition coefficient (Wildman–Crippen LogP) is 3.35. The van der Waals surface area contributed by atoms with Crippen molar-refractivity contribution in [2.45, 2.75) is 26.6 Å². The molecule has 0 bridgehead atoms. The van der Waals surface area contributed by atoms with E-state index in [-0.39, 0.29) is 30.4 Å². The summed E-state index contributed by atoms with van der Waals surface area (Å²) in [5.41, 5.74) is 6.86. The second kappa shape index (κ2) is 9.55. The molecule has 1 aromatic heterocycles. The molecule has 3 aromatic rings. The highest BCUT2D eigenvalue weighted by Crippen LogP contribution is 2.29. The Bertz CT molecular complexity index is 1010. The monoisotopic (exact) mass is 409 g/mol. The first-order valence-corrected chi connectivity index (χ1v) is 9.29. The Hall–Kier alpha value is -3.88. The lowest BCUT2D eigenvalue weighted by atomic mass is 10.2. The van der Waals surface area contributed by atoms with Crippen molar-refractivity contribution in [1.29, 1.82) is 0 Å². The number of nitrogens with zero attached hydrogens (tertiary/aromatic N) is 3. The van der Waals surface area contributed by atoms with Crippen LogP contribution >= 0.6 is 0 Å². The molecule has 156 valence electrons. The van der Waals surface area contributed by atoms with Crippen LogP contribution < -0.4 is 20.5 Å². The van der Waals surface area contributed by atoms with E-state index in [1.807, 2.05) is 44.2 Å². The summed E-state index contributed by atoms with van der Waals surface area (Å²) in [6, 6.07) is 14.2. The molecule has 0 saturated carbocycles. The number of nitrogens with one attached hydrogen (secondary N) is 1. The SMILES string of the molecule is COc1cc(C(=O)OCc2nc(N)nc(Nc3ccccc3)n2)ccc1OC(C)C. The zero-order valence-electron chi connectivity index (χ0n) is 17.0. The van der Waals surface area contributed by atoms with Gasteiger partial charge in [-0.1, -0.05) is 18.2 Å². The van der Waals surface area contributed by atoms with E-state index in [2.05, 4.69) is 20.3 Å². The van der Waals surface area contributed by atoms with Gasteiger partial charge in [0.1, 0.15) is 0 Å². The van der Waals surface area contributed by atoms with Gasteiger partial charge in [0.15, 0.2) is 23.9 Å². The minimum absolute atomic E-state index is 0.0198. The molecule has 30 heavy (non-hydrogen) atoms. The molecule has 0 aliphatic heterocycles. The maximum Gasteiger partial charge on any atom is 0.338 e. The van der Waals surface area contributed by atoms with E-state index >= 15 is 0 Å². The summed E-state index contributed by atoms with van der Waals surface area (Å²) in [6.07, 6.45) is -0.0234. The van der Waals surface area contributed by atoms with Gasteiger partial charge >= 0.3 is 5.97 Å². The van der Waals surface area contributed by atoms with Gasteiger partial charge in [-0.2, -0.15) is 15.0 Å². The second-order valence-electron chi connectivity index (χ2n) is 6.53. The fourth-order valence-corrected chi connectivity index (χ4v) is 2.57. The van der Waals surface area contributed by atoms with Crippen molar-refractivity contribution in [1.82, 2.24) is 15.0 Å². The van der Waals surface area contributed by atoms with Crippen LogP contribution in [0.3, 0.4) is 0 Å². The summed E-state index contributed by atoms with van der Waals surface area (Å²) in [5, 5.41) is 3.03. The number of carbonyl (C=O) groups excluding carboxylic acids is 1. The van der Waals surface area contributed by atoms with Gasteiger partial charge in [-0.25, -0.2) is 4.79 Å². The van der Waals surface area contributed by atoms with Crippen LogP contribution in [0.4, 0.5) is 17.6 Å². The number of nitrogen functional groups attached to an aromatic ring is 1. The van der Waals surface area contributed by atoms with Gasteiger partial charge in [-0.3, -0.25) is 0 Å². The maximum atomic E-state index is 12.4. The van der Waals surface area contributed by atoms with Gasteiger partial charge in [0, 0.05) is 5.69 Å². The quantitative estimate of drug-likeness (QED) is 0.539. The molecule has 0 spiro atoms. The molecule has 0 aliphatic rings. The van der Waals surface area contributed by atoms with Gasteiger partial charge in [0.25, 0.3) is 0 Å². The van der Waals surface area contributed by atoms with Crippen molar-refractivity contribution in [2.24, 2.45) is 0 Å². The van der Waals surface area contributed by atoms with Gasteiger partial charge < -0.3 is 25.3 Å². The fraction of sp³-hybridized carbons (Fsp3) is 0.238. The minimum Gasteiger partial charge on any atom is -0.493 e. The summed E-state index contributed by atoms with van der Waals surface area (Å²) >= 11 is 0. The van der Waals surface area contributed by atoms with Crippen LogP contribution in [0.1, 0.15) is 30.0 Å². The molecule has 0 aliphatic carbocycles. The van der Waals surface area contributed by atoms with E-state index < -0.39 is 5.97 Å². The highest BCUT2D eigenvalue weighted by atomic mass is 16.5. The Balaban J connectivity index is 1.68. The lowest BCUT2D eigenvalue weighted by Crippen LogP contribution is -2.12. The normalized spacial score (nSPS) is 10.5. The van der Waals surface area contributed by atoms with Gasteiger partial charge in [0.2, 0.25) is 11.9 Å². The highest BCUT2D eigenvalue weighted by molar-refractivity contribution is 5.90. The van der Waals surface area contributed by atoms with Gasteiger partial charge in [-0.05, 0) is 44.2 Å². The van der Waals surface area contributed by atoms with E-state index in [9.17, 15) is 4.79 Å². The maximum absolute atomic E-state index is 12.4. The van der Waals surface area contributed by atoms with Gasteiger partial charge in [0.05, 0.1) is 18.8 Å². The van der Waals surface area contributed by atoms with Crippen molar-refractivity contribution in [3.05, 3.63) is 59.9 Å². The molecule has 3 rings (SSSR count). The average Bonchev–Trinajstić information content (AvgIpc) is 2.72. The molecule has 2 aromatic carbocycles. The molecule has 0 amide bonds. The number of esters is 1. The highest BCUT2D eigenvalue weighted by Gasteiger charge is 2.14. The molecule has 0 unspecified atom stereocenters. The van der Waals surface area contributed by atoms with Crippen molar-refractivity contribution in [3.8, 4) is 11.5 Å². The van der Waals surface area contributed by atoms with Crippen molar-refractivity contribution < 1.29 is 19.0 Å². The first-order valence-electron chi connectivity index (χ1n) is 9.29. The fourth-order valence-electron chi connectivity index (χ4n) is 2.57. The Kier molecular flexibility index (Phi) is 6.63. The third-order valence-corrected chi connectivity index (χ3v) is 3.82. The number of aromatic nitrogens is 3. The molecule has 3 N–H and O–H groups in total. The molecule has 0 atom stereocenters. The zero-order chi connectivity index (χ0) is 21.5. The van der Waals surface area contributed by atoms with E-state index in [1.54, 1.807) is 18.2 Å². The zero-order valence-corrected chi connectivity index (χ0v) is 17.0. The smallest absolute Gasteiger partial charge is 0.338 e. The van der Waals surface area contributed by atoms with E-state index in [0.29, 0.717) is 17.1 Å². The number of ether oxygens (including phenoxy) is 3. The summed E-state index contributed by atoms with van der Waals surface area (Å²) in [4.78, 5) is 24.7. The van der Waals surface area contributed by atoms with Crippen LogP contribution in [0.2, 0.25) is 0 Å². The first kappa shape index (κ1) is 20.8. The lowest BCUT2D eigenvalue weighted by Gasteiger charge is -2.14. The van der Waals surface area contributed by atoms with Gasteiger partial charge in [-0.15, -0.1) is 0 Å². The number of anilines is 3. The number of benzene rings is 2. The van der Waals surface area contributed by atoms with E-state index in [0.717, 1.165) is 5.69 Å². The lowest BCUT2D eigenvalue weighted by molar-refractivity contribution is 0.0461. The summed E-state index contributed by atoms with van der Waals surface area (Å²) in [7, 11) is 1.51. The number of nitrogens with two attached hydrogens (primary N) is 1. The van der Waals surface area contributed by atoms with E-state index in [1.165, 1.54) is 7.11 Å². The number of carbonyl (C=O) groups is 1. The van der Waals surface area contributed by atoms with E-state index in [4.69, 9.17) is 19.9 Å². The van der Waals surface area contributed by atoms with Crippen LogP contribution in [-0.2, 0) is 11.3 Å². The number of para-hydroxylation sites is 1. The molecule has 0 saturated heterocycles. The minimum atomic E-state index is -0.555. The molecule has 9 nitrogen and oxygen atoms in total. The molecule has 0 fully saturated rings. The van der Waals surface area contributed by atoms with Crippen LogP contribution in [0, 0.1) is 0 Å². The Morgan fingerprint density at radius 3 is 2.53 bits per heavy atom. The van der Waals surface area contributed by atoms with Crippen molar-refractivity contribution in [2.75, 3.05) is 18.2 Å². The Labute approximate surface area is 174 Å². The molecule has 9 heteroatoms. The number of rotatable bonds is 8. The first-order chi connectivity index (χ1) is 14.4. The summed E-state index contributed by atoms with van der Waals surface area (Å²) in [5.74, 6) is 0.938. The van der Waals surface area contributed by atoms with Crippen LogP contribution in [0.15, 0.2) is 48.5 Å². The third kappa shape index (κ3) is 5.57. The molecular formula is C21H23N5O4. The third-order valence-electron chi connectivity index (χ3n) is 3.82. The summed E-state index contributed by atoms with van der Waals surface area (Å²) < 4.78 is 16.3. The molecular weight excluding hydrogens is 386 g/mol. The van der Waals surface area contributed by atoms with Crippen molar-refractivity contribution >= 4 is 23.6 Å².